The van der Waals surface area contributed by atoms with Gasteiger partial charge in [0.2, 0.25) is 5.95 Å². The Morgan fingerprint density at radius 1 is 1.18 bits per heavy atom. The molecule has 0 saturated carbocycles. The van der Waals surface area contributed by atoms with Crippen LogP contribution in [0.2, 0.25) is 0 Å². The van der Waals surface area contributed by atoms with Crippen LogP contribution in [0.1, 0.15) is 17.2 Å². The van der Waals surface area contributed by atoms with E-state index in [-0.39, 0.29) is 11.7 Å². The fourth-order valence-corrected chi connectivity index (χ4v) is 3.26. The molecule has 0 amide bonds. The zero-order valence-electron chi connectivity index (χ0n) is 15.2. The Hall–Kier alpha value is -3.88. The van der Waals surface area contributed by atoms with Gasteiger partial charge in [-0.1, -0.05) is 24.3 Å². The number of fused-ring (bicyclic) bond motifs is 1. The molecule has 0 saturated heterocycles. The van der Waals surface area contributed by atoms with E-state index in [1.54, 1.807) is 31.0 Å². The van der Waals surface area contributed by atoms with Gasteiger partial charge in [-0.15, -0.1) is 0 Å². The van der Waals surface area contributed by atoms with Crippen LogP contribution in [0.3, 0.4) is 0 Å². The molecular formula is C19H17N5O4. The van der Waals surface area contributed by atoms with Crippen molar-refractivity contribution in [2.45, 2.75) is 6.04 Å². The molecule has 0 radical (unpaired) electrons. The van der Waals surface area contributed by atoms with Gasteiger partial charge in [-0.05, 0) is 12.1 Å². The van der Waals surface area contributed by atoms with Crippen LogP contribution in [0.15, 0.2) is 54.9 Å². The highest BCUT2D eigenvalue weighted by Gasteiger charge is 2.27. The highest BCUT2D eigenvalue weighted by molar-refractivity contribution is 5.78. The van der Waals surface area contributed by atoms with Gasteiger partial charge in [0.25, 0.3) is 5.69 Å². The van der Waals surface area contributed by atoms with Crippen molar-refractivity contribution < 1.29 is 14.4 Å². The van der Waals surface area contributed by atoms with Crippen molar-refractivity contribution in [2.75, 3.05) is 19.5 Å². The average molecular weight is 379 g/mol. The van der Waals surface area contributed by atoms with Crippen LogP contribution < -0.4 is 14.8 Å². The molecule has 28 heavy (non-hydrogen) atoms. The number of hydrogen-bond donors (Lipinski definition) is 1. The van der Waals surface area contributed by atoms with E-state index in [4.69, 9.17) is 9.47 Å². The molecule has 0 fully saturated rings. The Morgan fingerprint density at radius 3 is 2.75 bits per heavy atom. The Labute approximate surface area is 160 Å². The molecule has 1 atom stereocenters. The quantitative estimate of drug-likeness (QED) is 0.536. The number of aromatic nitrogens is 3. The summed E-state index contributed by atoms with van der Waals surface area (Å²) in [6.07, 6.45) is 3.38. The molecule has 1 N–H and O–H groups in total. The third kappa shape index (κ3) is 2.92. The zero-order chi connectivity index (χ0) is 19.7. The summed E-state index contributed by atoms with van der Waals surface area (Å²) in [4.78, 5) is 15.0. The number of para-hydroxylation sites is 1. The molecule has 1 aliphatic heterocycles. The molecule has 9 nitrogen and oxygen atoms in total. The molecule has 3 aromatic rings. The van der Waals surface area contributed by atoms with Gasteiger partial charge in [0.05, 0.1) is 19.1 Å². The Bertz CT molecular complexity index is 1080. The van der Waals surface area contributed by atoms with Crippen molar-refractivity contribution in [3.8, 4) is 11.5 Å². The lowest BCUT2D eigenvalue weighted by Crippen LogP contribution is -2.20. The largest absolute Gasteiger partial charge is 0.493 e. The van der Waals surface area contributed by atoms with Gasteiger partial charge in [0.15, 0.2) is 11.5 Å². The SMILES string of the molecule is COc1cccc([C@@H]2C=C(c3cccc([N+](=O)[O-])c3)Nc3ncnn32)c1OC. The summed E-state index contributed by atoms with van der Waals surface area (Å²) >= 11 is 0. The molecule has 9 heteroatoms. The number of allylic oxidation sites excluding steroid dienone is 1. The molecule has 4 rings (SSSR count). The third-order valence-electron chi connectivity index (χ3n) is 4.53. The predicted molar refractivity (Wildman–Crippen MR) is 102 cm³/mol. The van der Waals surface area contributed by atoms with Crippen LogP contribution in [0.5, 0.6) is 11.5 Å². The number of methoxy groups -OCH3 is 2. The fourth-order valence-electron chi connectivity index (χ4n) is 3.26. The second kappa shape index (κ2) is 7.03. The second-order valence-corrected chi connectivity index (χ2v) is 6.07. The molecule has 2 heterocycles. The number of rotatable bonds is 5. The van der Waals surface area contributed by atoms with Gasteiger partial charge >= 0.3 is 0 Å². The second-order valence-electron chi connectivity index (χ2n) is 6.07. The van der Waals surface area contributed by atoms with E-state index in [1.807, 2.05) is 24.3 Å². The number of nitrogens with zero attached hydrogens (tertiary/aromatic N) is 4. The first-order valence-electron chi connectivity index (χ1n) is 8.46. The van der Waals surface area contributed by atoms with E-state index in [0.29, 0.717) is 28.7 Å². The smallest absolute Gasteiger partial charge is 0.270 e. The van der Waals surface area contributed by atoms with Gasteiger partial charge < -0.3 is 14.8 Å². The van der Waals surface area contributed by atoms with Crippen LogP contribution >= 0.6 is 0 Å². The van der Waals surface area contributed by atoms with Crippen molar-refractivity contribution >= 4 is 17.3 Å². The van der Waals surface area contributed by atoms with Crippen LogP contribution in [0.25, 0.3) is 5.70 Å². The maximum atomic E-state index is 11.1. The van der Waals surface area contributed by atoms with E-state index < -0.39 is 4.92 Å². The minimum Gasteiger partial charge on any atom is -0.493 e. The van der Waals surface area contributed by atoms with Crippen LogP contribution in [0, 0.1) is 10.1 Å². The number of ether oxygens (including phenoxy) is 2. The number of anilines is 1. The molecule has 1 aromatic heterocycles. The normalized spacial score (nSPS) is 15.2. The standard InChI is InChI=1S/C19H17N5O4/c1-27-17-8-4-7-14(18(17)28-2)16-10-15(22-19-20-11-21-23(16)19)12-5-3-6-13(9-12)24(25)26/h3-11,16H,1-2H3,(H,20,21,22)/t16-/m0/s1. The van der Waals surface area contributed by atoms with Gasteiger partial charge in [-0.25, -0.2) is 4.68 Å². The minimum absolute atomic E-state index is 0.0164. The van der Waals surface area contributed by atoms with Crippen molar-refractivity contribution in [3.05, 3.63) is 76.1 Å². The first-order valence-corrected chi connectivity index (χ1v) is 8.46. The third-order valence-corrected chi connectivity index (χ3v) is 4.53. The van der Waals surface area contributed by atoms with Crippen molar-refractivity contribution in [1.82, 2.24) is 14.8 Å². The van der Waals surface area contributed by atoms with Gasteiger partial charge in [-0.3, -0.25) is 10.1 Å². The molecule has 0 spiro atoms. The molecule has 0 aliphatic carbocycles. The topological polar surface area (TPSA) is 104 Å². The number of nitro benzene ring substituents is 1. The average Bonchev–Trinajstić information content (AvgIpc) is 3.21. The van der Waals surface area contributed by atoms with Crippen LogP contribution in [0.4, 0.5) is 11.6 Å². The van der Waals surface area contributed by atoms with Gasteiger partial charge in [0.1, 0.15) is 12.4 Å². The van der Waals surface area contributed by atoms with E-state index in [0.717, 1.165) is 5.56 Å². The first-order chi connectivity index (χ1) is 13.6. The lowest BCUT2D eigenvalue weighted by atomic mass is 10.00. The first kappa shape index (κ1) is 17.5. The molecule has 0 unspecified atom stereocenters. The summed E-state index contributed by atoms with van der Waals surface area (Å²) in [5, 5.41) is 18.6. The Kier molecular flexibility index (Phi) is 4.40. The predicted octanol–water partition coefficient (Wildman–Crippen LogP) is 3.26. The summed E-state index contributed by atoms with van der Waals surface area (Å²) in [6, 6.07) is 11.7. The molecule has 0 bridgehead atoms. The highest BCUT2D eigenvalue weighted by atomic mass is 16.6. The maximum absolute atomic E-state index is 11.1. The number of hydrogen-bond acceptors (Lipinski definition) is 7. The molecule has 1 aliphatic rings. The van der Waals surface area contributed by atoms with Crippen LogP contribution in [-0.2, 0) is 0 Å². The van der Waals surface area contributed by atoms with Gasteiger partial charge in [-0.2, -0.15) is 10.1 Å². The highest BCUT2D eigenvalue weighted by Crippen LogP contribution is 2.40. The minimum atomic E-state index is -0.419. The summed E-state index contributed by atoms with van der Waals surface area (Å²) < 4.78 is 12.7. The summed E-state index contributed by atoms with van der Waals surface area (Å²) in [5.41, 5.74) is 2.22. The van der Waals surface area contributed by atoms with E-state index in [1.165, 1.54) is 18.5 Å². The molecule has 2 aromatic carbocycles. The number of non-ortho nitro benzene ring substituents is 1. The summed E-state index contributed by atoms with van der Waals surface area (Å²) in [5.74, 6) is 1.72. The molecule has 142 valence electrons. The van der Waals surface area contributed by atoms with E-state index in [2.05, 4.69) is 15.4 Å². The van der Waals surface area contributed by atoms with Crippen molar-refractivity contribution in [3.63, 3.8) is 0 Å². The summed E-state index contributed by atoms with van der Waals surface area (Å²) in [7, 11) is 3.16. The number of nitro groups is 1. The van der Waals surface area contributed by atoms with Crippen LogP contribution in [-0.4, -0.2) is 33.9 Å². The Morgan fingerprint density at radius 2 is 2.00 bits per heavy atom. The summed E-state index contributed by atoms with van der Waals surface area (Å²) in [6.45, 7) is 0. The fraction of sp³-hybridized carbons (Fsp3) is 0.158. The van der Waals surface area contributed by atoms with E-state index in [9.17, 15) is 10.1 Å². The van der Waals surface area contributed by atoms with Crippen molar-refractivity contribution in [2.24, 2.45) is 0 Å². The van der Waals surface area contributed by atoms with E-state index >= 15 is 0 Å². The number of benzene rings is 2. The number of nitrogens with one attached hydrogen (secondary N) is 1. The maximum Gasteiger partial charge on any atom is 0.270 e. The lowest BCUT2D eigenvalue weighted by molar-refractivity contribution is -0.384. The van der Waals surface area contributed by atoms with Crippen molar-refractivity contribution in [1.29, 1.82) is 0 Å². The monoisotopic (exact) mass is 379 g/mol. The van der Waals surface area contributed by atoms with Gasteiger partial charge in [0, 0.05) is 29.0 Å². The molecular weight excluding hydrogens is 362 g/mol. The lowest BCUT2D eigenvalue weighted by Gasteiger charge is -2.26. The Balaban J connectivity index is 1.86. The zero-order valence-corrected chi connectivity index (χ0v) is 15.2.